The van der Waals surface area contributed by atoms with E-state index in [1.165, 1.54) is 11.3 Å². The molecule has 1 amide bonds. The molecule has 1 saturated heterocycles. The normalized spacial score (nSPS) is 14.2. The van der Waals surface area contributed by atoms with Gasteiger partial charge in [-0.15, -0.1) is 11.3 Å². The number of benzene rings is 1. The molecule has 1 aromatic carbocycles. The Morgan fingerprint density at radius 2 is 1.93 bits per heavy atom. The van der Waals surface area contributed by atoms with Gasteiger partial charge in [-0.1, -0.05) is 12.1 Å². The first-order chi connectivity index (χ1) is 14.7. The van der Waals surface area contributed by atoms with E-state index >= 15 is 0 Å². The van der Waals surface area contributed by atoms with Crippen LogP contribution >= 0.6 is 11.3 Å². The van der Waals surface area contributed by atoms with Crippen LogP contribution in [0.15, 0.2) is 59.7 Å². The molecule has 4 aromatic rings. The van der Waals surface area contributed by atoms with E-state index in [4.69, 9.17) is 0 Å². The van der Waals surface area contributed by atoms with Crippen molar-refractivity contribution in [3.05, 3.63) is 70.2 Å². The van der Waals surface area contributed by atoms with E-state index in [2.05, 4.69) is 25.5 Å². The lowest BCUT2D eigenvalue weighted by Crippen LogP contribution is -2.43. The fourth-order valence-electron chi connectivity index (χ4n) is 3.69. The van der Waals surface area contributed by atoms with Crippen molar-refractivity contribution in [2.75, 3.05) is 36.4 Å². The Bertz CT molecular complexity index is 1270. The van der Waals surface area contributed by atoms with Gasteiger partial charge in [0.25, 0.3) is 5.91 Å². The average molecular weight is 420 g/mol. The maximum Gasteiger partial charge on any atom is 0.331 e. The molecule has 1 aliphatic rings. The van der Waals surface area contributed by atoms with Gasteiger partial charge in [-0.3, -0.25) is 14.3 Å². The fraction of sp³-hybridized carbons (Fsp3) is 0.190. The maximum atomic E-state index is 12.9. The summed E-state index contributed by atoms with van der Waals surface area (Å²) in [5.41, 5.74) is 2.97. The second-order valence-electron chi connectivity index (χ2n) is 7.00. The Labute approximate surface area is 176 Å². The first kappa shape index (κ1) is 18.6. The van der Waals surface area contributed by atoms with E-state index in [-0.39, 0.29) is 11.6 Å². The van der Waals surface area contributed by atoms with E-state index in [1.807, 2.05) is 30.3 Å². The van der Waals surface area contributed by atoms with Crippen molar-refractivity contribution in [3.8, 4) is 5.00 Å². The van der Waals surface area contributed by atoms with E-state index in [0.29, 0.717) is 15.6 Å². The molecule has 1 aliphatic heterocycles. The minimum Gasteiger partial charge on any atom is -0.367 e. The lowest BCUT2D eigenvalue weighted by molar-refractivity contribution is 0.103. The van der Waals surface area contributed by atoms with Gasteiger partial charge in [-0.05, 0) is 30.3 Å². The molecule has 5 rings (SSSR count). The van der Waals surface area contributed by atoms with Crippen molar-refractivity contribution < 1.29 is 4.79 Å². The smallest absolute Gasteiger partial charge is 0.331 e. The third-order valence-electron chi connectivity index (χ3n) is 5.13. The molecule has 152 valence electrons. The molecule has 0 bridgehead atoms. The third-order valence-corrected chi connectivity index (χ3v) is 6.20. The summed E-state index contributed by atoms with van der Waals surface area (Å²) in [6, 6.07) is 12.9. The Kier molecular flexibility index (Phi) is 4.82. The Balaban J connectivity index is 1.42. The van der Waals surface area contributed by atoms with Gasteiger partial charge >= 0.3 is 5.69 Å². The average Bonchev–Trinajstić information content (AvgIpc) is 3.38. The van der Waals surface area contributed by atoms with Crippen LogP contribution in [-0.2, 0) is 0 Å². The van der Waals surface area contributed by atoms with Gasteiger partial charge in [-0.2, -0.15) is 0 Å². The van der Waals surface area contributed by atoms with Crippen molar-refractivity contribution in [2.24, 2.45) is 0 Å². The number of imidazole rings is 1. The molecule has 0 saturated carbocycles. The molecule has 9 heteroatoms. The number of hydrogen-bond acceptors (Lipinski definition) is 6. The number of carbonyl (C=O) groups is 1. The van der Waals surface area contributed by atoms with Crippen LogP contribution in [0.1, 0.15) is 9.67 Å². The Hall–Kier alpha value is -3.43. The molecule has 0 radical (unpaired) electrons. The fourth-order valence-corrected chi connectivity index (χ4v) is 4.61. The largest absolute Gasteiger partial charge is 0.367 e. The summed E-state index contributed by atoms with van der Waals surface area (Å²) in [6.45, 7) is 3.56. The number of aromatic nitrogens is 3. The van der Waals surface area contributed by atoms with Gasteiger partial charge in [-0.25, -0.2) is 4.79 Å². The van der Waals surface area contributed by atoms with Crippen molar-refractivity contribution in [2.45, 2.75) is 0 Å². The van der Waals surface area contributed by atoms with Crippen LogP contribution in [0.2, 0.25) is 0 Å². The number of pyridine rings is 1. The maximum absolute atomic E-state index is 12.9. The van der Waals surface area contributed by atoms with Crippen LogP contribution in [0.25, 0.3) is 16.0 Å². The highest BCUT2D eigenvalue weighted by molar-refractivity contribution is 7.16. The molecule has 30 heavy (non-hydrogen) atoms. The number of nitrogens with one attached hydrogen (secondary N) is 3. The van der Waals surface area contributed by atoms with Crippen LogP contribution in [-0.4, -0.2) is 46.6 Å². The summed E-state index contributed by atoms with van der Waals surface area (Å²) >= 11 is 1.28. The lowest BCUT2D eigenvalue weighted by Gasteiger charge is -2.30. The number of amides is 1. The molecule has 0 spiro atoms. The van der Waals surface area contributed by atoms with Gasteiger partial charge in [0.15, 0.2) is 0 Å². The Morgan fingerprint density at radius 1 is 1.10 bits per heavy atom. The number of nitrogens with zero attached hydrogens (tertiary/aromatic N) is 3. The topological polar surface area (TPSA) is 95.1 Å². The molecule has 4 heterocycles. The summed E-state index contributed by atoms with van der Waals surface area (Å²) in [5, 5.41) is 7.01. The molecule has 3 aromatic heterocycles. The second-order valence-corrected chi connectivity index (χ2v) is 8.07. The highest BCUT2D eigenvalue weighted by atomic mass is 32.1. The van der Waals surface area contributed by atoms with Crippen molar-refractivity contribution in [1.29, 1.82) is 0 Å². The number of fused-ring (bicyclic) bond motifs is 1. The number of H-pyrrole nitrogens is 1. The molecule has 1 fully saturated rings. The standard InChI is InChI=1S/C21H20N6O2S/c28-20(24-15-13-23-8-7-16(15)26-11-9-22-10-12-26)18-5-6-19(30-18)27-17-4-2-1-3-14(17)25-21(27)29/h1-8,13,22H,9-12H2,(H,24,28)(H,25,29). The summed E-state index contributed by atoms with van der Waals surface area (Å²) in [4.78, 5) is 35.1. The molecular formula is C21H20N6O2S. The van der Waals surface area contributed by atoms with Crippen LogP contribution in [0.4, 0.5) is 11.4 Å². The zero-order valence-corrected chi connectivity index (χ0v) is 16.9. The quantitative estimate of drug-likeness (QED) is 0.471. The molecule has 0 atom stereocenters. The zero-order valence-electron chi connectivity index (χ0n) is 16.1. The van der Waals surface area contributed by atoms with Crippen molar-refractivity contribution in [3.63, 3.8) is 0 Å². The molecule has 0 aliphatic carbocycles. The summed E-state index contributed by atoms with van der Waals surface area (Å²) in [6.07, 6.45) is 3.41. The predicted molar refractivity (Wildman–Crippen MR) is 119 cm³/mol. The molecule has 3 N–H and O–H groups in total. The van der Waals surface area contributed by atoms with E-state index in [0.717, 1.165) is 42.9 Å². The van der Waals surface area contributed by atoms with Crippen LogP contribution in [0.3, 0.4) is 0 Å². The molecular weight excluding hydrogens is 400 g/mol. The molecule has 8 nitrogen and oxygen atoms in total. The number of rotatable bonds is 4. The first-order valence-electron chi connectivity index (χ1n) is 9.72. The minimum absolute atomic E-state index is 0.219. The summed E-state index contributed by atoms with van der Waals surface area (Å²) in [7, 11) is 0. The van der Waals surface area contributed by atoms with Gasteiger partial charge in [0.05, 0.1) is 33.5 Å². The number of para-hydroxylation sites is 2. The van der Waals surface area contributed by atoms with Crippen LogP contribution < -0.4 is 21.2 Å². The SMILES string of the molecule is O=C(Nc1cnccc1N1CCNCC1)c1ccc(-n2c(=O)[nH]c3ccccc32)s1. The highest BCUT2D eigenvalue weighted by Gasteiger charge is 2.18. The predicted octanol–water partition coefficient (Wildman–Crippen LogP) is 2.44. The van der Waals surface area contributed by atoms with Crippen molar-refractivity contribution >= 4 is 39.7 Å². The van der Waals surface area contributed by atoms with Crippen LogP contribution in [0, 0.1) is 0 Å². The number of carbonyl (C=O) groups excluding carboxylic acids is 1. The first-order valence-corrected chi connectivity index (χ1v) is 10.5. The van der Waals surface area contributed by atoms with Crippen LogP contribution in [0.5, 0.6) is 0 Å². The summed E-state index contributed by atoms with van der Waals surface area (Å²) in [5.74, 6) is -0.219. The highest BCUT2D eigenvalue weighted by Crippen LogP contribution is 2.28. The second kappa shape index (κ2) is 7.77. The zero-order chi connectivity index (χ0) is 20.5. The lowest BCUT2D eigenvalue weighted by atomic mass is 10.2. The number of aromatic amines is 1. The van der Waals surface area contributed by atoms with E-state index in [1.54, 1.807) is 29.1 Å². The minimum atomic E-state index is -0.224. The van der Waals surface area contributed by atoms with Gasteiger partial charge in [0.2, 0.25) is 0 Å². The van der Waals surface area contributed by atoms with Crippen molar-refractivity contribution in [1.82, 2.24) is 19.9 Å². The summed E-state index contributed by atoms with van der Waals surface area (Å²) < 4.78 is 1.59. The number of thiophene rings is 1. The van der Waals surface area contributed by atoms with Gasteiger partial charge in [0.1, 0.15) is 5.00 Å². The van der Waals surface area contributed by atoms with E-state index in [9.17, 15) is 9.59 Å². The monoisotopic (exact) mass is 420 g/mol. The number of hydrogen-bond donors (Lipinski definition) is 3. The number of anilines is 2. The number of piperazine rings is 1. The third kappa shape index (κ3) is 3.38. The van der Waals surface area contributed by atoms with Gasteiger partial charge in [0, 0.05) is 32.4 Å². The van der Waals surface area contributed by atoms with E-state index < -0.39 is 0 Å². The Morgan fingerprint density at radius 3 is 2.80 bits per heavy atom. The molecule has 0 unspecified atom stereocenters. The van der Waals surface area contributed by atoms with Gasteiger partial charge < -0.3 is 20.5 Å².